The molecule has 4 aliphatic rings. The van der Waals surface area contributed by atoms with E-state index in [-0.39, 0.29) is 5.41 Å². The summed E-state index contributed by atoms with van der Waals surface area (Å²) in [4.78, 5) is 12.0. The first-order valence-corrected chi connectivity index (χ1v) is 8.44. The van der Waals surface area contributed by atoms with E-state index in [9.17, 15) is 4.79 Å². The number of ketones is 1. The van der Waals surface area contributed by atoms with Crippen LogP contribution in [0.5, 0.6) is 0 Å². The van der Waals surface area contributed by atoms with Crippen molar-refractivity contribution < 1.29 is 4.79 Å². The maximum absolute atomic E-state index is 12.0. The Morgan fingerprint density at radius 1 is 1.10 bits per heavy atom. The maximum Gasteiger partial charge on any atom is 0.156 e. The lowest BCUT2D eigenvalue weighted by atomic mass is 9.49. The maximum atomic E-state index is 12.0. The lowest BCUT2D eigenvalue weighted by molar-refractivity contribution is -0.119. The molecule has 0 unspecified atom stereocenters. The van der Waals surface area contributed by atoms with Gasteiger partial charge in [0.1, 0.15) is 0 Å². The van der Waals surface area contributed by atoms with Gasteiger partial charge in [0, 0.05) is 11.8 Å². The van der Waals surface area contributed by atoms with Crippen molar-refractivity contribution in [1.29, 1.82) is 0 Å². The molecule has 1 nitrogen and oxygen atoms in total. The summed E-state index contributed by atoms with van der Waals surface area (Å²) >= 11 is 0. The Kier molecular flexibility index (Phi) is 2.63. The number of hydrogen-bond acceptors (Lipinski definition) is 1. The van der Waals surface area contributed by atoms with Gasteiger partial charge in [-0.05, 0) is 66.9 Å². The molecule has 0 spiro atoms. The summed E-state index contributed by atoms with van der Waals surface area (Å²) < 4.78 is 0. The minimum Gasteiger partial charge on any atom is -0.295 e. The fraction of sp³-hybridized carbons (Fsp3) is 0.737. The molecule has 0 aliphatic heterocycles. The molecular weight excluding hydrogens is 244 g/mol. The molecule has 4 aliphatic carbocycles. The zero-order chi connectivity index (χ0) is 14.0. The lowest BCUT2D eigenvalue weighted by Crippen LogP contribution is -2.48. The van der Waals surface area contributed by atoms with Crippen molar-refractivity contribution in [3.8, 4) is 0 Å². The van der Waals surface area contributed by atoms with Crippen molar-refractivity contribution in [3.63, 3.8) is 0 Å². The van der Waals surface area contributed by atoms with Crippen LogP contribution in [0, 0.1) is 28.6 Å². The van der Waals surface area contributed by atoms with Crippen molar-refractivity contribution >= 4 is 5.78 Å². The first kappa shape index (κ1) is 12.9. The first-order valence-electron chi connectivity index (χ1n) is 8.44. The fourth-order valence-corrected chi connectivity index (χ4v) is 6.21. The summed E-state index contributed by atoms with van der Waals surface area (Å²) in [6.07, 6.45) is 15.4. The van der Waals surface area contributed by atoms with E-state index in [0.717, 1.165) is 24.2 Å². The molecule has 2 saturated carbocycles. The summed E-state index contributed by atoms with van der Waals surface area (Å²) in [6, 6.07) is 0. The van der Waals surface area contributed by atoms with E-state index in [1.54, 1.807) is 6.08 Å². The number of allylic oxidation sites excluding steroid dienone is 4. The van der Waals surface area contributed by atoms with Crippen LogP contribution in [0.1, 0.15) is 58.8 Å². The highest BCUT2D eigenvalue weighted by Crippen LogP contribution is 2.63. The SMILES string of the molecule is C[C@@]12CCC[C@H]1[C@@H]1CC=C3C=CC(=O)C[C@]3(C)[C@H]1CC2. The van der Waals surface area contributed by atoms with Gasteiger partial charge in [-0.1, -0.05) is 32.4 Å². The topological polar surface area (TPSA) is 17.1 Å². The molecule has 4 rings (SSSR count). The second-order valence-corrected chi connectivity index (χ2v) is 8.25. The zero-order valence-corrected chi connectivity index (χ0v) is 12.8. The molecule has 0 amide bonds. The highest BCUT2D eigenvalue weighted by Gasteiger charge is 2.55. The van der Waals surface area contributed by atoms with Crippen molar-refractivity contribution in [2.45, 2.75) is 58.8 Å². The number of fused-ring (bicyclic) bond motifs is 5. The average molecular weight is 270 g/mol. The van der Waals surface area contributed by atoms with Crippen molar-refractivity contribution in [3.05, 3.63) is 23.8 Å². The molecule has 0 radical (unpaired) electrons. The van der Waals surface area contributed by atoms with E-state index < -0.39 is 0 Å². The summed E-state index contributed by atoms with van der Waals surface area (Å²) in [7, 11) is 0. The minimum atomic E-state index is 0.138. The first-order chi connectivity index (χ1) is 9.53. The molecule has 0 saturated heterocycles. The van der Waals surface area contributed by atoms with E-state index in [2.05, 4.69) is 26.0 Å². The molecule has 20 heavy (non-hydrogen) atoms. The third-order valence-corrected chi connectivity index (χ3v) is 7.30. The molecule has 0 heterocycles. The fourth-order valence-electron chi connectivity index (χ4n) is 6.21. The molecule has 0 aromatic heterocycles. The van der Waals surface area contributed by atoms with E-state index in [4.69, 9.17) is 0 Å². The second-order valence-electron chi connectivity index (χ2n) is 8.25. The summed E-state index contributed by atoms with van der Waals surface area (Å²) in [6.45, 7) is 4.91. The van der Waals surface area contributed by atoms with Crippen molar-refractivity contribution in [2.24, 2.45) is 28.6 Å². The van der Waals surface area contributed by atoms with Crippen LogP contribution in [-0.2, 0) is 4.79 Å². The Balaban J connectivity index is 1.74. The van der Waals surface area contributed by atoms with E-state index in [1.807, 2.05) is 0 Å². The van der Waals surface area contributed by atoms with Crippen molar-refractivity contribution in [1.82, 2.24) is 0 Å². The lowest BCUT2D eigenvalue weighted by Gasteiger charge is -2.55. The van der Waals surface area contributed by atoms with Gasteiger partial charge < -0.3 is 0 Å². The minimum absolute atomic E-state index is 0.138. The highest BCUT2D eigenvalue weighted by molar-refractivity contribution is 5.92. The predicted molar refractivity (Wildman–Crippen MR) is 81.2 cm³/mol. The number of carbonyl (C=O) groups excluding carboxylic acids is 1. The highest BCUT2D eigenvalue weighted by atomic mass is 16.1. The number of hydrogen-bond donors (Lipinski definition) is 0. The van der Waals surface area contributed by atoms with Gasteiger partial charge in [-0.3, -0.25) is 4.79 Å². The third-order valence-electron chi connectivity index (χ3n) is 7.30. The van der Waals surface area contributed by atoms with Crippen LogP contribution >= 0.6 is 0 Å². The molecule has 0 bridgehead atoms. The average Bonchev–Trinajstić information content (AvgIpc) is 2.79. The Labute approximate surface area is 122 Å². The predicted octanol–water partition coefficient (Wildman–Crippen LogP) is 4.68. The smallest absolute Gasteiger partial charge is 0.156 e. The van der Waals surface area contributed by atoms with Gasteiger partial charge in [-0.25, -0.2) is 0 Å². The quantitative estimate of drug-likeness (QED) is 0.624. The summed E-state index contributed by atoms with van der Waals surface area (Å²) in [5, 5.41) is 0. The summed E-state index contributed by atoms with van der Waals surface area (Å²) in [5.41, 5.74) is 2.20. The normalized spacial score (nSPS) is 50.2. The molecule has 0 N–H and O–H groups in total. The van der Waals surface area contributed by atoms with Gasteiger partial charge in [0.2, 0.25) is 0 Å². The van der Waals surface area contributed by atoms with Gasteiger partial charge in [0.25, 0.3) is 0 Å². The van der Waals surface area contributed by atoms with Crippen LogP contribution in [0.15, 0.2) is 23.8 Å². The largest absolute Gasteiger partial charge is 0.295 e. The number of rotatable bonds is 0. The zero-order valence-electron chi connectivity index (χ0n) is 12.8. The standard InChI is InChI=1S/C19H26O/c1-18-10-3-4-16(18)15-8-6-13-5-7-14(20)12-19(13,2)17(15)9-11-18/h5-7,15-17H,3-4,8-12H2,1-2H3/t15-,16-,17-,18-,19-/m0/s1. The van der Waals surface area contributed by atoms with Gasteiger partial charge in [-0.2, -0.15) is 0 Å². The summed E-state index contributed by atoms with van der Waals surface area (Å²) in [5.74, 6) is 2.83. The molecule has 5 atom stereocenters. The molecule has 108 valence electrons. The van der Waals surface area contributed by atoms with Gasteiger partial charge in [-0.15, -0.1) is 0 Å². The van der Waals surface area contributed by atoms with E-state index in [0.29, 0.717) is 11.2 Å². The van der Waals surface area contributed by atoms with Crippen LogP contribution in [-0.4, -0.2) is 5.78 Å². The Hall–Kier alpha value is -0.850. The molecule has 0 aromatic carbocycles. The van der Waals surface area contributed by atoms with Crippen molar-refractivity contribution in [2.75, 3.05) is 0 Å². The van der Waals surface area contributed by atoms with Gasteiger partial charge in [0.05, 0.1) is 0 Å². The Bertz CT molecular complexity index is 514. The third kappa shape index (κ3) is 1.58. The molecular formula is C19H26O. The van der Waals surface area contributed by atoms with E-state index in [1.165, 1.54) is 44.1 Å². The van der Waals surface area contributed by atoms with Gasteiger partial charge >= 0.3 is 0 Å². The Morgan fingerprint density at radius 3 is 2.80 bits per heavy atom. The van der Waals surface area contributed by atoms with Crippen LogP contribution in [0.3, 0.4) is 0 Å². The monoisotopic (exact) mass is 270 g/mol. The van der Waals surface area contributed by atoms with E-state index >= 15 is 0 Å². The van der Waals surface area contributed by atoms with Crippen LogP contribution in [0.4, 0.5) is 0 Å². The van der Waals surface area contributed by atoms with Crippen LogP contribution in [0.2, 0.25) is 0 Å². The van der Waals surface area contributed by atoms with Crippen LogP contribution in [0.25, 0.3) is 0 Å². The second kappa shape index (κ2) is 4.08. The molecule has 0 aromatic rings. The van der Waals surface area contributed by atoms with Gasteiger partial charge in [0.15, 0.2) is 5.78 Å². The molecule has 2 fully saturated rings. The number of carbonyl (C=O) groups is 1. The Morgan fingerprint density at radius 2 is 1.95 bits per heavy atom. The van der Waals surface area contributed by atoms with Crippen LogP contribution < -0.4 is 0 Å². The molecule has 1 heteroatoms.